The van der Waals surface area contributed by atoms with Crippen LogP contribution in [0.25, 0.3) is 6.08 Å². The van der Waals surface area contributed by atoms with Crippen molar-refractivity contribution in [3.8, 4) is 17.2 Å². The van der Waals surface area contributed by atoms with Gasteiger partial charge < -0.3 is 14.2 Å². The molecule has 1 aliphatic heterocycles. The van der Waals surface area contributed by atoms with Crippen LogP contribution in [-0.4, -0.2) is 19.0 Å². The average Bonchev–Trinajstić information content (AvgIpc) is 2.77. The van der Waals surface area contributed by atoms with E-state index in [1.807, 2.05) is 54.6 Å². The van der Waals surface area contributed by atoms with Crippen molar-refractivity contribution < 1.29 is 19.0 Å². The summed E-state index contributed by atoms with van der Waals surface area (Å²) in [6, 6.07) is 22.9. The van der Waals surface area contributed by atoms with Crippen molar-refractivity contribution in [1.29, 1.82) is 0 Å². The maximum Gasteiger partial charge on any atom is 0.185 e. The lowest BCUT2D eigenvalue weighted by Gasteiger charge is -2.18. The van der Waals surface area contributed by atoms with Crippen LogP contribution < -0.4 is 14.2 Å². The average molecular weight is 372 g/mol. The summed E-state index contributed by atoms with van der Waals surface area (Å²) < 4.78 is 17.0. The molecule has 4 heteroatoms. The van der Waals surface area contributed by atoms with E-state index in [9.17, 15) is 4.79 Å². The summed E-state index contributed by atoms with van der Waals surface area (Å²) in [7, 11) is 0. The van der Waals surface area contributed by atoms with Crippen molar-refractivity contribution >= 4 is 11.9 Å². The molecule has 0 saturated heterocycles. The number of ketones is 1. The molecule has 0 aromatic heterocycles. The number of fused-ring (bicyclic) bond motifs is 1. The number of ether oxygens (including phenoxy) is 3. The first-order valence-corrected chi connectivity index (χ1v) is 9.17. The molecule has 0 bridgehead atoms. The molecule has 0 N–H and O–H groups in total. The van der Waals surface area contributed by atoms with Crippen LogP contribution in [0.4, 0.5) is 0 Å². The fourth-order valence-corrected chi connectivity index (χ4v) is 2.94. The summed E-state index contributed by atoms with van der Waals surface area (Å²) in [6.07, 6.45) is 3.33. The number of para-hydroxylation sites is 1. The monoisotopic (exact) mass is 372 g/mol. The number of carbonyl (C=O) groups is 1. The second-order valence-electron chi connectivity index (χ2n) is 6.37. The summed E-state index contributed by atoms with van der Waals surface area (Å²) in [5.74, 6) is 1.91. The Kier molecular flexibility index (Phi) is 5.38. The Labute approximate surface area is 164 Å². The highest BCUT2D eigenvalue weighted by Gasteiger charge is 2.13. The molecule has 0 radical (unpaired) electrons. The molecule has 4 rings (SSSR count). The predicted molar refractivity (Wildman–Crippen MR) is 108 cm³/mol. The SMILES string of the molecule is O=C(/C=C\c1ccccc1OCc1ccccc1)c1ccc2c(c1)OCCO2. The van der Waals surface area contributed by atoms with Gasteiger partial charge in [-0.25, -0.2) is 0 Å². The molecule has 0 saturated carbocycles. The van der Waals surface area contributed by atoms with E-state index in [2.05, 4.69) is 0 Å². The van der Waals surface area contributed by atoms with Gasteiger partial charge in [0.1, 0.15) is 25.6 Å². The van der Waals surface area contributed by atoms with E-state index in [-0.39, 0.29) is 5.78 Å². The van der Waals surface area contributed by atoms with Crippen LogP contribution in [0.5, 0.6) is 17.2 Å². The number of allylic oxidation sites excluding steroid dienone is 1. The third-order valence-electron chi connectivity index (χ3n) is 4.40. The summed E-state index contributed by atoms with van der Waals surface area (Å²) in [5.41, 5.74) is 2.50. The van der Waals surface area contributed by atoms with Gasteiger partial charge in [0.2, 0.25) is 0 Å². The minimum atomic E-state index is -0.102. The molecule has 0 atom stereocenters. The van der Waals surface area contributed by atoms with E-state index in [1.54, 1.807) is 30.4 Å². The van der Waals surface area contributed by atoms with Crippen LogP contribution in [0.3, 0.4) is 0 Å². The van der Waals surface area contributed by atoms with Gasteiger partial charge in [-0.1, -0.05) is 48.5 Å². The van der Waals surface area contributed by atoms with Crippen LogP contribution in [0.2, 0.25) is 0 Å². The highest BCUT2D eigenvalue weighted by atomic mass is 16.6. The fraction of sp³-hybridized carbons (Fsp3) is 0.125. The first-order chi connectivity index (χ1) is 13.8. The predicted octanol–water partition coefficient (Wildman–Crippen LogP) is 4.93. The third-order valence-corrected chi connectivity index (χ3v) is 4.40. The van der Waals surface area contributed by atoms with Gasteiger partial charge in [-0.3, -0.25) is 4.79 Å². The lowest BCUT2D eigenvalue weighted by Crippen LogP contribution is -2.15. The smallest absolute Gasteiger partial charge is 0.185 e. The van der Waals surface area contributed by atoms with Gasteiger partial charge in [-0.05, 0) is 42.0 Å². The number of hydrogen-bond acceptors (Lipinski definition) is 4. The van der Waals surface area contributed by atoms with E-state index in [4.69, 9.17) is 14.2 Å². The zero-order chi connectivity index (χ0) is 19.2. The van der Waals surface area contributed by atoms with Gasteiger partial charge in [0.05, 0.1) is 0 Å². The molecule has 140 valence electrons. The van der Waals surface area contributed by atoms with Crippen LogP contribution >= 0.6 is 0 Å². The van der Waals surface area contributed by atoms with E-state index in [0.717, 1.165) is 16.9 Å². The van der Waals surface area contributed by atoms with E-state index < -0.39 is 0 Å². The number of carbonyl (C=O) groups excluding carboxylic acids is 1. The molecule has 1 aliphatic rings. The largest absolute Gasteiger partial charge is 0.488 e. The van der Waals surface area contributed by atoms with Crippen molar-refractivity contribution in [3.63, 3.8) is 0 Å². The molecule has 1 heterocycles. The molecule has 0 spiro atoms. The van der Waals surface area contributed by atoms with E-state index in [0.29, 0.717) is 36.9 Å². The number of rotatable bonds is 6. The first-order valence-electron chi connectivity index (χ1n) is 9.17. The van der Waals surface area contributed by atoms with Crippen LogP contribution in [0, 0.1) is 0 Å². The summed E-state index contributed by atoms with van der Waals surface area (Å²) in [4.78, 5) is 12.6. The molecule has 0 fully saturated rings. The first kappa shape index (κ1) is 17.9. The molecular formula is C24H20O4. The van der Waals surface area contributed by atoms with E-state index in [1.165, 1.54) is 0 Å². The van der Waals surface area contributed by atoms with E-state index >= 15 is 0 Å². The standard InChI is InChI=1S/C24H20O4/c25-21(20-11-13-23-24(16-20)27-15-14-26-23)12-10-19-8-4-5-9-22(19)28-17-18-6-2-1-3-7-18/h1-13,16H,14-15,17H2/b12-10-. The van der Waals surface area contributed by atoms with Crippen molar-refractivity contribution in [2.24, 2.45) is 0 Å². The van der Waals surface area contributed by atoms with Gasteiger partial charge in [0, 0.05) is 11.1 Å². The van der Waals surface area contributed by atoms with Gasteiger partial charge in [0.15, 0.2) is 17.3 Å². The van der Waals surface area contributed by atoms with Crippen molar-refractivity contribution in [3.05, 3.63) is 95.6 Å². The van der Waals surface area contributed by atoms with Crippen LogP contribution in [0.1, 0.15) is 21.5 Å². The Balaban J connectivity index is 1.47. The van der Waals surface area contributed by atoms with Crippen LogP contribution in [-0.2, 0) is 6.61 Å². The summed E-state index contributed by atoms with van der Waals surface area (Å²) in [6.45, 7) is 1.49. The topological polar surface area (TPSA) is 44.8 Å². The molecule has 3 aromatic rings. The number of benzene rings is 3. The van der Waals surface area contributed by atoms with Crippen molar-refractivity contribution in [1.82, 2.24) is 0 Å². The highest BCUT2D eigenvalue weighted by Crippen LogP contribution is 2.31. The zero-order valence-corrected chi connectivity index (χ0v) is 15.3. The maximum absolute atomic E-state index is 12.6. The number of hydrogen-bond donors (Lipinski definition) is 0. The zero-order valence-electron chi connectivity index (χ0n) is 15.3. The lowest BCUT2D eigenvalue weighted by molar-refractivity contribution is 0.104. The summed E-state index contributed by atoms with van der Waals surface area (Å²) in [5, 5.41) is 0. The Bertz CT molecular complexity index is 992. The molecule has 0 unspecified atom stereocenters. The van der Waals surface area contributed by atoms with Crippen molar-refractivity contribution in [2.75, 3.05) is 13.2 Å². The second-order valence-corrected chi connectivity index (χ2v) is 6.37. The molecule has 3 aromatic carbocycles. The molecule has 4 nitrogen and oxygen atoms in total. The Morgan fingerprint density at radius 3 is 2.50 bits per heavy atom. The quantitative estimate of drug-likeness (QED) is 0.454. The minimum Gasteiger partial charge on any atom is -0.488 e. The molecule has 0 aliphatic carbocycles. The Morgan fingerprint density at radius 1 is 0.893 bits per heavy atom. The van der Waals surface area contributed by atoms with Gasteiger partial charge in [-0.15, -0.1) is 0 Å². The highest BCUT2D eigenvalue weighted by molar-refractivity contribution is 6.07. The van der Waals surface area contributed by atoms with Crippen LogP contribution in [0.15, 0.2) is 78.9 Å². The molecule has 0 amide bonds. The molecule has 28 heavy (non-hydrogen) atoms. The third kappa shape index (κ3) is 4.23. The minimum absolute atomic E-state index is 0.102. The maximum atomic E-state index is 12.6. The second kappa shape index (κ2) is 8.44. The van der Waals surface area contributed by atoms with Gasteiger partial charge in [-0.2, -0.15) is 0 Å². The summed E-state index contributed by atoms with van der Waals surface area (Å²) >= 11 is 0. The Morgan fingerprint density at radius 2 is 1.64 bits per heavy atom. The fourth-order valence-electron chi connectivity index (χ4n) is 2.94. The normalized spacial score (nSPS) is 12.7. The molecular weight excluding hydrogens is 352 g/mol. The van der Waals surface area contributed by atoms with Gasteiger partial charge in [0.25, 0.3) is 0 Å². The van der Waals surface area contributed by atoms with Crippen molar-refractivity contribution in [2.45, 2.75) is 6.61 Å². The van der Waals surface area contributed by atoms with Gasteiger partial charge >= 0.3 is 0 Å². The Hall–Kier alpha value is -3.53. The lowest BCUT2D eigenvalue weighted by atomic mass is 10.1.